The third-order valence-corrected chi connectivity index (χ3v) is 11.1. The second kappa shape index (κ2) is 14.3. The summed E-state index contributed by atoms with van der Waals surface area (Å²) in [6, 6.07) is 16.2. The van der Waals surface area contributed by atoms with Gasteiger partial charge in [-0.25, -0.2) is 0 Å². The first-order valence-electron chi connectivity index (χ1n) is 17.7. The monoisotopic (exact) mass is 761 g/mol. The van der Waals surface area contributed by atoms with Crippen molar-refractivity contribution in [2.45, 2.75) is 89.3 Å². The lowest BCUT2D eigenvalue weighted by atomic mass is 9.74. The maximum atomic E-state index is 15.5. The summed E-state index contributed by atoms with van der Waals surface area (Å²) in [6.07, 6.45) is 5.15. The summed E-state index contributed by atoms with van der Waals surface area (Å²) >= 11 is 3.63. The van der Waals surface area contributed by atoms with Gasteiger partial charge in [-0.1, -0.05) is 110 Å². The van der Waals surface area contributed by atoms with Crippen LogP contribution in [0.5, 0.6) is 0 Å². The van der Waals surface area contributed by atoms with Crippen LogP contribution >= 0.6 is 15.9 Å². The summed E-state index contributed by atoms with van der Waals surface area (Å²) in [4.78, 5) is 61.1. The van der Waals surface area contributed by atoms with Crippen LogP contribution in [0, 0.1) is 17.3 Å². The zero-order valence-corrected chi connectivity index (χ0v) is 31.5. The molecule has 0 unspecified atom stereocenters. The molecule has 0 aromatic heterocycles. The minimum atomic E-state index is -1.52. The predicted molar refractivity (Wildman–Crippen MR) is 195 cm³/mol. The molecule has 2 N–H and O–H groups in total. The van der Waals surface area contributed by atoms with Gasteiger partial charge in [-0.3, -0.25) is 19.2 Å². The molecule has 0 saturated carbocycles. The molecule has 7 atom stereocenters. The first-order chi connectivity index (χ1) is 24.2. The number of benzene rings is 2. The first-order valence-corrected chi connectivity index (χ1v) is 18.5. The lowest BCUT2D eigenvalue weighted by molar-refractivity contribution is -0.161. The fourth-order valence-electron chi connectivity index (χ4n) is 8.67. The van der Waals surface area contributed by atoms with E-state index in [9.17, 15) is 14.7 Å². The molecule has 3 amide bonds. The van der Waals surface area contributed by atoms with Gasteiger partial charge in [0.15, 0.2) is 0 Å². The summed E-state index contributed by atoms with van der Waals surface area (Å²) in [5.41, 5.74) is -1.03. The Bertz CT molecular complexity index is 1710. The Hall–Kier alpha value is -3.80. The normalized spacial score (nSPS) is 30.1. The van der Waals surface area contributed by atoms with Crippen LogP contribution in [-0.4, -0.2) is 81.6 Å². The van der Waals surface area contributed by atoms with Crippen LogP contribution in [0.2, 0.25) is 0 Å². The molecule has 4 aliphatic heterocycles. The molecule has 2 saturated heterocycles. The molecular weight excluding hydrogens is 714 g/mol. The lowest BCUT2D eigenvalue weighted by Gasteiger charge is -2.46. The Morgan fingerprint density at radius 1 is 0.961 bits per heavy atom. The summed E-state index contributed by atoms with van der Waals surface area (Å²) in [5.74, 6) is -3.89. The number of cyclic esters (lactones) is 1. The van der Waals surface area contributed by atoms with Crippen molar-refractivity contribution in [3.8, 4) is 0 Å². The summed E-state index contributed by atoms with van der Waals surface area (Å²) in [5, 5.41) is 13.9. The fourth-order valence-corrected chi connectivity index (χ4v) is 9.40. The van der Waals surface area contributed by atoms with Crippen LogP contribution in [-0.2, 0) is 28.7 Å². The van der Waals surface area contributed by atoms with Crippen molar-refractivity contribution in [1.29, 1.82) is 0 Å². The number of rotatable bonds is 6. The smallest absolute Gasteiger partial charge is 0.313 e. The lowest BCUT2D eigenvalue weighted by Crippen LogP contribution is -2.61. The molecule has 1 spiro atoms. The van der Waals surface area contributed by atoms with Gasteiger partial charge in [0.2, 0.25) is 17.7 Å². The Kier molecular flexibility index (Phi) is 10.4. The molecule has 0 radical (unpaired) electrons. The van der Waals surface area contributed by atoms with Crippen molar-refractivity contribution in [3.63, 3.8) is 0 Å². The summed E-state index contributed by atoms with van der Waals surface area (Å²) < 4.78 is 13.5. The van der Waals surface area contributed by atoms with Gasteiger partial charge in [0, 0.05) is 23.0 Å². The number of nitrogens with one attached hydrogen (secondary N) is 1. The standard InChI is InChI=1S/C40H48BrN3O7/c1-38(2,3)24-39(4,5)43-20-14-8-13-19-30(46)42-22-29(26-17-11-7-12-18-26)50-37(49)31-32-35(47)44(28(23-45)25-15-9-6-10-16-25)34(36(43)48)40(32)21-27(41)33(31)51-40/h6-12,14-18,21,28-29,31-34,45H,13,19-20,22-24H2,1-5H3,(H,42,46)/b14-8-/t28-,29-,31-,32+,33-,34-,40+/m1/s1. The number of fused-ring (bicyclic) bond motifs is 2. The van der Waals surface area contributed by atoms with Crippen molar-refractivity contribution >= 4 is 39.6 Å². The van der Waals surface area contributed by atoms with Crippen molar-refractivity contribution in [2.75, 3.05) is 19.7 Å². The second-order valence-corrected chi connectivity index (χ2v) is 16.7. The number of amides is 3. The maximum Gasteiger partial charge on any atom is 0.313 e. The second-order valence-electron chi connectivity index (χ2n) is 15.8. The van der Waals surface area contributed by atoms with Gasteiger partial charge >= 0.3 is 5.97 Å². The molecule has 2 aromatic carbocycles. The van der Waals surface area contributed by atoms with Crippen LogP contribution in [0.3, 0.4) is 0 Å². The first kappa shape index (κ1) is 37.0. The molecule has 11 heteroatoms. The van der Waals surface area contributed by atoms with Crippen molar-refractivity contribution in [1.82, 2.24) is 15.1 Å². The number of allylic oxidation sites excluding steroid dienone is 1. The van der Waals surface area contributed by atoms with E-state index in [2.05, 4.69) is 42.0 Å². The van der Waals surface area contributed by atoms with Gasteiger partial charge < -0.3 is 29.7 Å². The maximum absolute atomic E-state index is 15.5. The SMILES string of the molecule is CC(C)(C)CC(C)(C)N1C/C=C\CCC(=O)NC[C@H](c2ccccc2)OC(=O)[C@H]2[C@@H]3O[C@@]4(C=C3Br)[C@@H]2C(=O)N([C@H](CO)c2ccccc2)[C@@H]4C1=O. The number of carbonyl (C=O) groups excluding carboxylic acids is 4. The highest BCUT2D eigenvalue weighted by molar-refractivity contribution is 9.11. The molecule has 4 heterocycles. The van der Waals surface area contributed by atoms with Gasteiger partial charge in [-0.15, -0.1) is 0 Å². The van der Waals surface area contributed by atoms with E-state index in [0.29, 0.717) is 28.5 Å². The van der Waals surface area contributed by atoms with E-state index in [0.717, 1.165) is 0 Å². The molecular formula is C40H48BrN3O7. The summed E-state index contributed by atoms with van der Waals surface area (Å²) in [6.45, 7) is 10.2. The molecule has 4 aliphatic rings. The van der Waals surface area contributed by atoms with E-state index in [-0.39, 0.29) is 36.7 Å². The van der Waals surface area contributed by atoms with E-state index in [1.54, 1.807) is 11.0 Å². The molecule has 2 fully saturated rings. The summed E-state index contributed by atoms with van der Waals surface area (Å²) in [7, 11) is 0. The third-order valence-electron chi connectivity index (χ3n) is 10.4. The Morgan fingerprint density at radius 3 is 2.27 bits per heavy atom. The number of aliphatic hydroxyl groups is 1. The van der Waals surface area contributed by atoms with E-state index in [1.807, 2.05) is 86.7 Å². The number of halogens is 1. The third kappa shape index (κ3) is 7.04. The largest absolute Gasteiger partial charge is 0.455 e. The van der Waals surface area contributed by atoms with Crippen LogP contribution in [0.25, 0.3) is 0 Å². The Balaban J connectivity index is 1.51. The van der Waals surface area contributed by atoms with Crippen LogP contribution < -0.4 is 5.32 Å². The van der Waals surface area contributed by atoms with Crippen LogP contribution in [0.15, 0.2) is 83.4 Å². The molecule has 6 rings (SSSR count). The minimum Gasteiger partial charge on any atom is -0.455 e. The van der Waals surface area contributed by atoms with E-state index in [4.69, 9.17) is 9.47 Å². The van der Waals surface area contributed by atoms with E-state index < -0.39 is 65.8 Å². The molecule has 0 aliphatic carbocycles. The number of aliphatic hydroxyl groups excluding tert-OH is 1. The average Bonchev–Trinajstić information content (AvgIpc) is 3.67. The number of likely N-dealkylation sites (tertiary alicyclic amines) is 1. The van der Waals surface area contributed by atoms with Gasteiger partial charge in [0.25, 0.3) is 0 Å². The Morgan fingerprint density at radius 2 is 1.63 bits per heavy atom. The highest BCUT2D eigenvalue weighted by atomic mass is 79.9. The van der Waals surface area contributed by atoms with Crippen molar-refractivity contribution < 1.29 is 33.8 Å². The van der Waals surface area contributed by atoms with Crippen molar-refractivity contribution in [2.24, 2.45) is 17.3 Å². The molecule has 2 aromatic rings. The molecule has 51 heavy (non-hydrogen) atoms. The van der Waals surface area contributed by atoms with Gasteiger partial charge in [0.1, 0.15) is 29.8 Å². The highest BCUT2D eigenvalue weighted by Gasteiger charge is 2.76. The van der Waals surface area contributed by atoms with Crippen LogP contribution in [0.1, 0.15) is 77.2 Å². The van der Waals surface area contributed by atoms with Crippen molar-refractivity contribution in [3.05, 3.63) is 94.5 Å². The fraction of sp³-hybridized carbons (Fsp3) is 0.500. The number of esters is 1. The van der Waals surface area contributed by atoms with Gasteiger partial charge in [-0.2, -0.15) is 0 Å². The zero-order chi connectivity index (χ0) is 36.7. The number of hydrogen-bond donors (Lipinski definition) is 2. The van der Waals surface area contributed by atoms with Crippen LogP contribution in [0.4, 0.5) is 0 Å². The zero-order valence-electron chi connectivity index (χ0n) is 29.9. The number of nitrogens with zero attached hydrogens (tertiary/aromatic N) is 2. The van der Waals surface area contributed by atoms with E-state index >= 15 is 9.59 Å². The number of hydrogen-bond acceptors (Lipinski definition) is 7. The highest BCUT2D eigenvalue weighted by Crippen LogP contribution is 2.60. The molecule has 10 nitrogen and oxygen atoms in total. The minimum absolute atomic E-state index is 0.0416. The Labute approximate surface area is 308 Å². The number of carbonyl (C=O) groups is 4. The number of ether oxygens (including phenoxy) is 2. The van der Waals surface area contributed by atoms with E-state index in [1.165, 1.54) is 4.90 Å². The average molecular weight is 763 g/mol. The topological polar surface area (TPSA) is 125 Å². The predicted octanol–water partition coefficient (Wildman–Crippen LogP) is 5.39. The van der Waals surface area contributed by atoms with Gasteiger partial charge in [0.05, 0.1) is 25.1 Å². The van der Waals surface area contributed by atoms with Gasteiger partial charge in [-0.05, 0) is 49.3 Å². The quantitative estimate of drug-likeness (QED) is 0.299. The molecule has 5 bridgehead atoms. The molecule has 272 valence electrons.